The van der Waals surface area contributed by atoms with E-state index in [0.717, 1.165) is 26.2 Å². The number of piperazine rings is 1. The number of hydrogen-bond acceptors (Lipinski definition) is 5. The molecule has 1 aromatic rings. The minimum Gasteiger partial charge on any atom is -0.315 e. The van der Waals surface area contributed by atoms with Crippen molar-refractivity contribution in [2.45, 2.75) is 32.4 Å². The number of rotatable bonds is 4. The van der Waals surface area contributed by atoms with Crippen molar-refractivity contribution in [1.82, 2.24) is 20.1 Å². The van der Waals surface area contributed by atoms with Crippen LogP contribution in [0.1, 0.15) is 41.4 Å². The van der Waals surface area contributed by atoms with Crippen LogP contribution >= 0.6 is 11.3 Å². The van der Waals surface area contributed by atoms with Crippen LogP contribution in [0.15, 0.2) is 0 Å². The first-order valence-corrected chi connectivity index (χ1v) is 7.87. The van der Waals surface area contributed by atoms with Crippen LogP contribution in [0.5, 0.6) is 0 Å². The van der Waals surface area contributed by atoms with Gasteiger partial charge in [-0.05, 0) is 27.1 Å². The monoisotopic (exact) mass is 282 g/mol. The van der Waals surface area contributed by atoms with Crippen LogP contribution in [0.3, 0.4) is 0 Å². The quantitative estimate of drug-likeness (QED) is 0.914. The van der Waals surface area contributed by atoms with Crippen LogP contribution in [0.4, 0.5) is 0 Å². The maximum absolute atomic E-state index is 4.95. The molecule has 5 heteroatoms. The fourth-order valence-corrected chi connectivity index (χ4v) is 3.93. The molecule has 108 valence electrons. The topological polar surface area (TPSA) is 31.4 Å². The van der Waals surface area contributed by atoms with E-state index in [1.54, 1.807) is 0 Å². The van der Waals surface area contributed by atoms with Gasteiger partial charge in [-0.2, -0.15) is 0 Å². The Kier molecular flexibility index (Phi) is 4.95. The summed E-state index contributed by atoms with van der Waals surface area (Å²) >= 11 is 1.88. The third kappa shape index (κ3) is 3.34. The number of thiazole rings is 1. The first-order valence-electron chi connectivity index (χ1n) is 7.05. The van der Waals surface area contributed by atoms with E-state index in [1.807, 2.05) is 18.4 Å². The normalized spacial score (nSPS) is 22.3. The fourth-order valence-electron chi connectivity index (χ4n) is 2.54. The van der Waals surface area contributed by atoms with Gasteiger partial charge in [-0.3, -0.25) is 4.90 Å². The minimum atomic E-state index is 0.451. The lowest BCUT2D eigenvalue weighted by atomic mass is 10.1. The molecule has 1 unspecified atom stereocenters. The van der Waals surface area contributed by atoms with Crippen LogP contribution in [0.25, 0.3) is 0 Å². The highest BCUT2D eigenvalue weighted by atomic mass is 32.1. The van der Waals surface area contributed by atoms with Gasteiger partial charge in [-0.1, -0.05) is 13.8 Å². The van der Waals surface area contributed by atoms with E-state index in [0.29, 0.717) is 12.0 Å². The zero-order chi connectivity index (χ0) is 14.0. The van der Waals surface area contributed by atoms with Crippen molar-refractivity contribution in [1.29, 1.82) is 0 Å². The molecule has 0 amide bonds. The van der Waals surface area contributed by atoms with Crippen molar-refractivity contribution in [3.8, 4) is 0 Å². The Labute approximate surface area is 120 Å². The van der Waals surface area contributed by atoms with Gasteiger partial charge in [-0.25, -0.2) is 4.98 Å². The van der Waals surface area contributed by atoms with E-state index < -0.39 is 0 Å². The highest BCUT2D eigenvalue weighted by Gasteiger charge is 2.27. The van der Waals surface area contributed by atoms with Crippen LogP contribution in [-0.2, 0) is 6.54 Å². The van der Waals surface area contributed by atoms with E-state index in [2.05, 4.69) is 43.1 Å². The van der Waals surface area contributed by atoms with Crippen molar-refractivity contribution < 1.29 is 0 Å². The molecule has 1 aromatic heterocycles. The van der Waals surface area contributed by atoms with E-state index in [9.17, 15) is 0 Å². The highest BCUT2D eigenvalue weighted by Crippen LogP contribution is 2.32. The fraction of sp³-hybridized carbons (Fsp3) is 0.786. The van der Waals surface area contributed by atoms with Crippen molar-refractivity contribution >= 4 is 11.3 Å². The van der Waals surface area contributed by atoms with Crippen LogP contribution in [0, 0.1) is 0 Å². The molecule has 1 atom stereocenters. The Morgan fingerprint density at radius 3 is 2.74 bits per heavy atom. The van der Waals surface area contributed by atoms with Crippen molar-refractivity contribution in [3.05, 3.63) is 15.6 Å². The summed E-state index contributed by atoms with van der Waals surface area (Å²) in [5, 5.41) is 4.54. The molecule has 2 heterocycles. The van der Waals surface area contributed by atoms with Crippen molar-refractivity contribution in [2.75, 3.05) is 40.8 Å². The second kappa shape index (κ2) is 6.31. The van der Waals surface area contributed by atoms with Gasteiger partial charge in [0.05, 0.1) is 11.7 Å². The second-order valence-corrected chi connectivity index (χ2v) is 6.92. The Morgan fingerprint density at radius 2 is 2.11 bits per heavy atom. The lowest BCUT2D eigenvalue weighted by molar-refractivity contribution is 0.115. The maximum atomic E-state index is 4.95. The summed E-state index contributed by atoms with van der Waals surface area (Å²) in [4.78, 5) is 11.2. The molecule has 1 aliphatic heterocycles. The highest BCUT2D eigenvalue weighted by molar-refractivity contribution is 7.11. The van der Waals surface area contributed by atoms with Gasteiger partial charge in [-0.15, -0.1) is 11.3 Å². The molecular formula is C14H26N4S. The number of hydrogen-bond donors (Lipinski definition) is 1. The largest absolute Gasteiger partial charge is 0.315 e. The van der Waals surface area contributed by atoms with E-state index in [1.165, 1.54) is 15.6 Å². The Hall–Kier alpha value is -0.490. The zero-order valence-corrected chi connectivity index (χ0v) is 13.5. The molecular weight excluding hydrogens is 256 g/mol. The Balaban J connectivity index is 2.26. The van der Waals surface area contributed by atoms with E-state index in [4.69, 9.17) is 4.98 Å². The van der Waals surface area contributed by atoms with Gasteiger partial charge in [0.15, 0.2) is 0 Å². The van der Waals surface area contributed by atoms with E-state index >= 15 is 0 Å². The summed E-state index contributed by atoms with van der Waals surface area (Å²) in [6, 6.07) is 0.451. The van der Waals surface area contributed by atoms with Crippen molar-refractivity contribution in [2.24, 2.45) is 0 Å². The molecule has 1 N–H and O–H groups in total. The molecule has 2 rings (SSSR count). The molecule has 0 aliphatic carbocycles. The SMILES string of the molecule is CNCc1sc(C2CN(C)CCN2C)nc1C(C)C. The van der Waals surface area contributed by atoms with Gasteiger partial charge in [0.25, 0.3) is 0 Å². The van der Waals surface area contributed by atoms with Gasteiger partial charge in [0, 0.05) is 31.1 Å². The third-order valence-corrected chi connectivity index (χ3v) is 4.94. The summed E-state index contributed by atoms with van der Waals surface area (Å²) < 4.78 is 0. The van der Waals surface area contributed by atoms with Crippen LogP contribution in [-0.4, -0.2) is 55.6 Å². The van der Waals surface area contributed by atoms with E-state index in [-0.39, 0.29) is 0 Å². The summed E-state index contributed by atoms with van der Waals surface area (Å²) in [5.74, 6) is 0.500. The van der Waals surface area contributed by atoms with Gasteiger partial charge >= 0.3 is 0 Å². The molecule has 4 nitrogen and oxygen atoms in total. The predicted molar refractivity (Wildman–Crippen MR) is 81.8 cm³/mol. The molecule has 1 aliphatic rings. The molecule has 0 spiro atoms. The molecule has 0 aromatic carbocycles. The standard InChI is InChI=1S/C14H26N4S/c1-10(2)13-12(8-15-3)19-14(16-13)11-9-17(4)6-7-18(11)5/h10-11,15H,6-9H2,1-5H3. The Bertz CT molecular complexity index is 416. The maximum Gasteiger partial charge on any atom is 0.112 e. The summed E-state index contributed by atoms with van der Waals surface area (Å²) in [6.07, 6.45) is 0. The second-order valence-electron chi connectivity index (χ2n) is 5.80. The number of nitrogens with zero attached hydrogens (tertiary/aromatic N) is 3. The number of likely N-dealkylation sites (N-methyl/N-ethyl adjacent to an activating group) is 2. The lowest BCUT2D eigenvalue weighted by Gasteiger charge is -2.36. The van der Waals surface area contributed by atoms with Crippen LogP contribution in [0.2, 0.25) is 0 Å². The minimum absolute atomic E-state index is 0.451. The predicted octanol–water partition coefficient (Wildman–Crippen LogP) is 1.90. The molecule has 1 saturated heterocycles. The third-order valence-electron chi connectivity index (χ3n) is 3.76. The molecule has 19 heavy (non-hydrogen) atoms. The van der Waals surface area contributed by atoms with Gasteiger partial charge < -0.3 is 10.2 Å². The zero-order valence-electron chi connectivity index (χ0n) is 12.7. The van der Waals surface area contributed by atoms with Gasteiger partial charge in [0.1, 0.15) is 5.01 Å². The lowest BCUT2D eigenvalue weighted by Crippen LogP contribution is -2.44. The Morgan fingerprint density at radius 1 is 1.37 bits per heavy atom. The first kappa shape index (κ1) is 14.9. The van der Waals surface area contributed by atoms with Crippen LogP contribution < -0.4 is 5.32 Å². The number of aromatic nitrogens is 1. The first-order chi connectivity index (χ1) is 9.02. The summed E-state index contributed by atoms with van der Waals surface area (Å²) in [6.45, 7) is 8.75. The molecule has 0 saturated carbocycles. The summed E-state index contributed by atoms with van der Waals surface area (Å²) in [5.41, 5.74) is 1.27. The number of nitrogens with one attached hydrogen (secondary N) is 1. The molecule has 0 radical (unpaired) electrons. The average molecular weight is 282 g/mol. The molecule has 0 bridgehead atoms. The summed E-state index contributed by atoms with van der Waals surface area (Å²) in [7, 11) is 6.42. The average Bonchev–Trinajstić information content (AvgIpc) is 2.77. The smallest absolute Gasteiger partial charge is 0.112 e. The van der Waals surface area contributed by atoms with Gasteiger partial charge in [0.2, 0.25) is 0 Å². The molecule has 1 fully saturated rings. The van der Waals surface area contributed by atoms with Crippen molar-refractivity contribution in [3.63, 3.8) is 0 Å².